The number of hydrogen-bond donors (Lipinski definition) is 1. The maximum atomic E-state index is 12.5. The molecule has 1 N–H and O–H groups in total. The molecule has 6 nitrogen and oxygen atoms in total. The Balaban J connectivity index is 0.000000231. The van der Waals surface area contributed by atoms with Crippen molar-refractivity contribution in [2.45, 2.75) is 0 Å². The van der Waals surface area contributed by atoms with Gasteiger partial charge in [0.2, 0.25) is 0 Å². The molecule has 122 valence electrons. The van der Waals surface area contributed by atoms with E-state index in [2.05, 4.69) is 14.7 Å². The van der Waals surface area contributed by atoms with Crippen molar-refractivity contribution in [3.63, 3.8) is 0 Å². The van der Waals surface area contributed by atoms with Gasteiger partial charge in [-0.25, -0.2) is 28.3 Å². The van der Waals surface area contributed by atoms with Crippen LogP contribution in [0.25, 0.3) is 0 Å². The second-order valence-electron chi connectivity index (χ2n) is 3.78. The smallest absolute Gasteiger partial charge is 0.341 e. The number of rotatable bonds is 2. The average molecular weight is 365 g/mol. The lowest BCUT2D eigenvalue weighted by atomic mass is 10.3. The third-order valence-electron chi connectivity index (χ3n) is 2.25. The lowest BCUT2D eigenvalue weighted by Gasteiger charge is -1.99. The fourth-order valence-corrected chi connectivity index (χ4v) is 1.61. The Labute approximate surface area is 138 Å². The standard InChI is InChI=1S/C7H5ClFNO2.C6H3ClFNO2/c1-12-7(11)5-2-4(9)3-10-6(5)8;7-5-4(6(10)11)1-3(8)2-9-5/h2-3H,1H3;1-2H,(H,10,11). The number of aromatic carboxylic acids is 1. The van der Waals surface area contributed by atoms with Gasteiger partial charge in [-0.15, -0.1) is 0 Å². The lowest BCUT2D eigenvalue weighted by molar-refractivity contribution is 0.0599. The zero-order valence-electron chi connectivity index (χ0n) is 11.4. The number of esters is 1. The predicted molar refractivity (Wildman–Crippen MR) is 76.7 cm³/mol. The number of pyridine rings is 2. The van der Waals surface area contributed by atoms with Crippen LogP contribution in [0.15, 0.2) is 24.5 Å². The van der Waals surface area contributed by atoms with E-state index in [9.17, 15) is 18.4 Å². The molecule has 0 radical (unpaired) electrons. The zero-order chi connectivity index (χ0) is 17.6. The summed E-state index contributed by atoms with van der Waals surface area (Å²) in [5.41, 5.74) is -0.397. The summed E-state index contributed by atoms with van der Waals surface area (Å²) in [4.78, 5) is 27.9. The van der Waals surface area contributed by atoms with Crippen LogP contribution in [0.5, 0.6) is 0 Å². The minimum absolute atomic E-state index is 0.0664. The number of hydrogen-bond acceptors (Lipinski definition) is 5. The first-order valence-electron chi connectivity index (χ1n) is 5.70. The molecule has 0 saturated carbocycles. The highest BCUT2D eigenvalue weighted by atomic mass is 35.5. The first-order valence-corrected chi connectivity index (χ1v) is 6.45. The second kappa shape index (κ2) is 8.35. The van der Waals surface area contributed by atoms with E-state index < -0.39 is 23.6 Å². The average Bonchev–Trinajstić information content (AvgIpc) is 2.51. The number of carboxylic acid groups (broad SMARTS) is 1. The third kappa shape index (κ3) is 5.42. The van der Waals surface area contributed by atoms with Gasteiger partial charge < -0.3 is 9.84 Å². The largest absolute Gasteiger partial charge is 0.478 e. The first-order chi connectivity index (χ1) is 10.8. The molecule has 0 bridgehead atoms. The molecule has 0 fully saturated rings. The van der Waals surface area contributed by atoms with Crippen LogP contribution >= 0.6 is 23.2 Å². The van der Waals surface area contributed by atoms with Crippen LogP contribution in [0.1, 0.15) is 20.7 Å². The van der Waals surface area contributed by atoms with Crippen LogP contribution in [-0.2, 0) is 4.74 Å². The van der Waals surface area contributed by atoms with Gasteiger partial charge in [0.05, 0.1) is 30.6 Å². The highest BCUT2D eigenvalue weighted by Crippen LogP contribution is 2.14. The lowest BCUT2D eigenvalue weighted by Crippen LogP contribution is -2.03. The van der Waals surface area contributed by atoms with E-state index in [0.717, 1.165) is 24.5 Å². The van der Waals surface area contributed by atoms with Gasteiger partial charge in [0.25, 0.3) is 0 Å². The molecule has 23 heavy (non-hydrogen) atoms. The van der Waals surface area contributed by atoms with Crippen molar-refractivity contribution in [1.29, 1.82) is 0 Å². The van der Waals surface area contributed by atoms with Gasteiger partial charge in [0.15, 0.2) is 0 Å². The molecule has 0 spiro atoms. The summed E-state index contributed by atoms with van der Waals surface area (Å²) in [7, 11) is 1.18. The van der Waals surface area contributed by atoms with E-state index in [4.69, 9.17) is 28.3 Å². The summed E-state index contributed by atoms with van der Waals surface area (Å²) in [6.07, 6.45) is 1.78. The molecule has 0 saturated heterocycles. The molecule has 2 rings (SSSR count). The van der Waals surface area contributed by atoms with Crippen LogP contribution in [0.2, 0.25) is 10.3 Å². The number of aromatic nitrogens is 2. The van der Waals surface area contributed by atoms with Crippen LogP contribution in [0.3, 0.4) is 0 Å². The number of methoxy groups -OCH3 is 1. The van der Waals surface area contributed by atoms with Crippen molar-refractivity contribution < 1.29 is 28.2 Å². The van der Waals surface area contributed by atoms with Crippen LogP contribution in [-0.4, -0.2) is 34.1 Å². The SMILES string of the molecule is COC(=O)c1cc(F)cnc1Cl.O=C(O)c1cc(F)cnc1Cl. The molecule has 0 aliphatic heterocycles. The molecule has 0 unspecified atom stereocenters. The fourth-order valence-electron chi connectivity index (χ4n) is 1.25. The summed E-state index contributed by atoms with van der Waals surface area (Å²) in [6, 6.07) is 1.79. The second-order valence-corrected chi connectivity index (χ2v) is 4.50. The van der Waals surface area contributed by atoms with E-state index in [1.54, 1.807) is 0 Å². The van der Waals surface area contributed by atoms with Crippen LogP contribution < -0.4 is 0 Å². The van der Waals surface area contributed by atoms with Crippen molar-refractivity contribution in [2.24, 2.45) is 0 Å². The zero-order valence-corrected chi connectivity index (χ0v) is 12.9. The molecule has 2 aromatic rings. The molecule has 0 amide bonds. The third-order valence-corrected chi connectivity index (χ3v) is 2.85. The van der Waals surface area contributed by atoms with Gasteiger partial charge in [-0.3, -0.25) is 0 Å². The molecular formula is C13H8Cl2F2N2O4. The maximum Gasteiger partial charge on any atom is 0.341 e. The molecule has 10 heteroatoms. The van der Waals surface area contributed by atoms with E-state index >= 15 is 0 Å². The molecular weight excluding hydrogens is 357 g/mol. The summed E-state index contributed by atoms with van der Waals surface area (Å²) >= 11 is 10.8. The summed E-state index contributed by atoms with van der Waals surface area (Å²) < 4.78 is 29.2. The van der Waals surface area contributed by atoms with Crippen molar-refractivity contribution in [1.82, 2.24) is 9.97 Å². The van der Waals surface area contributed by atoms with Gasteiger partial charge in [0, 0.05) is 0 Å². The number of nitrogens with zero attached hydrogens (tertiary/aromatic N) is 2. The molecule has 0 aliphatic rings. The van der Waals surface area contributed by atoms with E-state index in [0.29, 0.717) is 0 Å². The quantitative estimate of drug-likeness (QED) is 0.649. The number of carbonyl (C=O) groups is 2. The predicted octanol–water partition coefficient (Wildman–Crippen LogP) is 3.23. The van der Waals surface area contributed by atoms with Gasteiger partial charge in [-0.2, -0.15) is 0 Å². The fraction of sp³-hybridized carbons (Fsp3) is 0.0769. The Morgan fingerprint density at radius 3 is 1.87 bits per heavy atom. The highest BCUT2D eigenvalue weighted by Gasteiger charge is 2.12. The summed E-state index contributed by atoms with van der Waals surface area (Å²) in [5, 5.41) is 8.12. The first kappa shape index (κ1) is 18.7. The van der Waals surface area contributed by atoms with Crippen molar-refractivity contribution >= 4 is 35.1 Å². The number of carboxylic acids is 1. The van der Waals surface area contributed by atoms with Crippen molar-refractivity contribution in [3.05, 3.63) is 57.6 Å². The van der Waals surface area contributed by atoms with E-state index in [1.807, 2.05) is 0 Å². The summed E-state index contributed by atoms with van der Waals surface area (Å²) in [5.74, 6) is -3.33. The monoisotopic (exact) mass is 364 g/mol. The Bertz CT molecular complexity index is 744. The Morgan fingerprint density at radius 1 is 1.04 bits per heavy atom. The van der Waals surface area contributed by atoms with Crippen molar-refractivity contribution in [2.75, 3.05) is 7.11 Å². The minimum Gasteiger partial charge on any atom is -0.478 e. The molecule has 2 aromatic heterocycles. The Hall–Kier alpha value is -2.32. The van der Waals surface area contributed by atoms with Crippen LogP contribution in [0.4, 0.5) is 8.78 Å². The van der Waals surface area contributed by atoms with E-state index in [-0.39, 0.29) is 21.4 Å². The Kier molecular flexibility index (Phi) is 6.80. The number of carbonyl (C=O) groups excluding carboxylic acids is 1. The number of halogens is 4. The Morgan fingerprint density at radius 2 is 1.48 bits per heavy atom. The normalized spacial score (nSPS) is 9.61. The summed E-state index contributed by atoms with van der Waals surface area (Å²) in [6.45, 7) is 0. The maximum absolute atomic E-state index is 12.5. The van der Waals surface area contributed by atoms with Crippen LogP contribution in [0, 0.1) is 11.6 Å². The topological polar surface area (TPSA) is 89.4 Å². The van der Waals surface area contributed by atoms with Crippen molar-refractivity contribution in [3.8, 4) is 0 Å². The molecule has 0 atom stereocenters. The number of ether oxygens (including phenoxy) is 1. The van der Waals surface area contributed by atoms with Gasteiger partial charge in [0.1, 0.15) is 21.9 Å². The highest BCUT2D eigenvalue weighted by molar-refractivity contribution is 6.32. The molecule has 0 aliphatic carbocycles. The van der Waals surface area contributed by atoms with Gasteiger partial charge in [-0.05, 0) is 12.1 Å². The van der Waals surface area contributed by atoms with Gasteiger partial charge in [-0.1, -0.05) is 23.2 Å². The minimum atomic E-state index is -1.29. The molecule has 2 heterocycles. The van der Waals surface area contributed by atoms with E-state index in [1.165, 1.54) is 7.11 Å². The van der Waals surface area contributed by atoms with Gasteiger partial charge >= 0.3 is 11.9 Å². The molecule has 0 aromatic carbocycles.